The van der Waals surface area contributed by atoms with Gasteiger partial charge in [-0.2, -0.15) is 5.10 Å². The molecule has 0 bridgehead atoms. The largest absolute Gasteiger partial charge is 0.453 e. The lowest BCUT2D eigenvalue weighted by atomic mass is 10.1. The molecule has 4 heteroatoms. The van der Waals surface area contributed by atoms with Crippen LogP contribution in [0.3, 0.4) is 0 Å². The highest BCUT2D eigenvalue weighted by atomic mass is 16.5. The van der Waals surface area contributed by atoms with Crippen LogP contribution in [0.4, 0.5) is 0 Å². The maximum absolute atomic E-state index is 6.00. The second-order valence-corrected chi connectivity index (χ2v) is 4.53. The summed E-state index contributed by atoms with van der Waals surface area (Å²) in [4.78, 5) is 0. The Hall–Kier alpha value is -1.81. The maximum Gasteiger partial charge on any atom is 0.171 e. The predicted molar refractivity (Wildman–Crippen MR) is 71.8 cm³/mol. The molecule has 1 heterocycles. The first-order chi connectivity index (χ1) is 8.52. The van der Waals surface area contributed by atoms with Crippen molar-refractivity contribution in [3.05, 3.63) is 40.7 Å². The lowest BCUT2D eigenvalue weighted by Crippen LogP contribution is -1.98. The fourth-order valence-corrected chi connectivity index (χ4v) is 1.89. The van der Waals surface area contributed by atoms with Gasteiger partial charge in [0.05, 0.1) is 5.69 Å². The molecular formula is C14H19N3O. The van der Waals surface area contributed by atoms with Gasteiger partial charge in [-0.05, 0) is 38.0 Å². The van der Waals surface area contributed by atoms with Crippen molar-refractivity contribution >= 4 is 0 Å². The molecule has 2 rings (SSSR count). The summed E-state index contributed by atoms with van der Waals surface area (Å²) in [6.45, 7) is 6.49. The smallest absolute Gasteiger partial charge is 0.171 e. The summed E-state index contributed by atoms with van der Waals surface area (Å²) in [6.07, 6.45) is 0. The van der Waals surface area contributed by atoms with Crippen LogP contribution in [-0.2, 0) is 13.6 Å². The molecule has 96 valence electrons. The third-order valence-corrected chi connectivity index (χ3v) is 3.14. The molecule has 2 aromatic rings. The predicted octanol–water partition coefficient (Wildman–Crippen LogP) is 2.60. The van der Waals surface area contributed by atoms with Gasteiger partial charge in [0.15, 0.2) is 5.75 Å². The molecule has 0 spiro atoms. The summed E-state index contributed by atoms with van der Waals surface area (Å²) in [5, 5.41) is 4.35. The summed E-state index contributed by atoms with van der Waals surface area (Å²) in [5.41, 5.74) is 9.73. The van der Waals surface area contributed by atoms with E-state index in [1.165, 1.54) is 0 Å². The van der Waals surface area contributed by atoms with Crippen molar-refractivity contribution in [2.24, 2.45) is 12.8 Å². The average molecular weight is 245 g/mol. The Balaban J connectivity index is 2.39. The van der Waals surface area contributed by atoms with Crippen LogP contribution in [0, 0.1) is 20.8 Å². The fourth-order valence-electron chi connectivity index (χ4n) is 1.89. The molecule has 0 atom stereocenters. The molecule has 18 heavy (non-hydrogen) atoms. The number of ether oxygens (including phenoxy) is 1. The molecule has 0 radical (unpaired) electrons. The number of hydrogen-bond acceptors (Lipinski definition) is 3. The summed E-state index contributed by atoms with van der Waals surface area (Å²) < 4.78 is 7.82. The Labute approximate surface area is 107 Å². The Morgan fingerprint density at radius 1 is 1.28 bits per heavy atom. The SMILES string of the molecule is Cc1ccc(CN)cc1Oc1c(C)nn(C)c1C. The van der Waals surface area contributed by atoms with E-state index < -0.39 is 0 Å². The van der Waals surface area contributed by atoms with Gasteiger partial charge in [-0.15, -0.1) is 0 Å². The van der Waals surface area contributed by atoms with Crippen molar-refractivity contribution < 1.29 is 4.74 Å². The lowest BCUT2D eigenvalue weighted by molar-refractivity contribution is 0.470. The molecule has 0 amide bonds. The van der Waals surface area contributed by atoms with E-state index in [4.69, 9.17) is 10.5 Å². The van der Waals surface area contributed by atoms with E-state index in [0.29, 0.717) is 6.54 Å². The van der Waals surface area contributed by atoms with Gasteiger partial charge in [-0.3, -0.25) is 4.68 Å². The highest BCUT2D eigenvalue weighted by molar-refractivity contribution is 5.42. The maximum atomic E-state index is 6.00. The van der Waals surface area contributed by atoms with Crippen LogP contribution < -0.4 is 10.5 Å². The number of hydrogen-bond donors (Lipinski definition) is 1. The molecule has 0 unspecified atom stereocenters. The molecule has 0 aliphatic rings. The summed E-state index contributed by atoms with van der Waals surface area (Å²) in [5.74, 6) is 1.67. The van der Waals surface area contributed by atoms with Crippen molar-refractivity contribution in [3.63, 3.8) is 0 Å². The third-order valence-electron chi connectivity index (χ3n) is 3.14. The molecule has 0 saturated heterocycles. The molecular weight excluding hydrogens is 226 g/mol. The van der Waals surface area contributed by atoms with Crippen LogP contribution >= 0.6 is 0 Å². The number of aromatic nitrogens is 2. The van der Waals surface area contributed by atoms with Gasteiger partial charge in [0, 0.05) is 13.6 Å². The minimum absolute atomic E-state index is 0.516. The normalized spacial score (nSPS) is 10.7. The van der Waals surface area contributed by atoms with Crippen molar-refractivity contribution in [3.8, 4) is 11.5 Å². The van der Waals surface area contributed by atoms with Crippen molar-refractivity contribution in [1.82, 2.24) is 9.78 Å². The first-order valence-electron chi connectivity index (χ1n) is 6.00. The number of rotatable bonds is 3. The number of nitrogens with two attached hydrogens (primary N) is 1. The highest BCUT2D eigenvalue weighted by Gasteiger charge is 2.13. The Kier molecular flexibility index (Phi) is 3.39. The van der Waals surface area contributed by atoms with E-state index in [0.717, 1.165) is 34.0 Å². The van der Waals surface area contributed by atoms with E-state index in [2.05, 4.69) is 5.10 Å². The Morgan fingerprint density at radius 3 is 2.56 bits per heavy atom. The van der Waals surface area contributed by atoms with Crippen LogP contribution in [0.2, 0.25) is 0 Å². The molecule has 1 aromatic heterocycles. The number of aryl methyl sites for hydroxylation is 3. The van der Waals surface area contributed by atoms with E-state index in [-0.39, 0.29) is 0 Å². The molecule has 4 nitrogen and oxygen atoms in total. The topological polar surface area (TPSA) is 53.1 Å². The number of nitrogens with zero attached hydrogens (tertiary/aromatic N) is 2. The molecule has 1 aromatic carbocycles. The van der Waals surface area contributed by atoms with Gasteiger partial charge in [0.2, 0.25) is 0 Å². The van der Waals surface area contributed by atoms with Gasteiger partial charge < -0.3 is 10.5 Å². The fraction of sp³-hybridized carbons (Fsp3) is 0.357. The summed E-state index contributed by atoms with van der Waals surface area (Å²) in [7, 11) is 1.92. The van der Waals surface area contributed by atoms with Gasteiger partial charge in [-0.1, -0.05) is 12.1 Å². The quantitative estimate of drug-likeness (QED) is 0.904. The molecule has 0 aliphatic carbocycles. The van der Waals surface area contributed by atoms with Crippen molar-refractivity contribution in [1.29, 1.82) is 0 Å². The third kappa shape index (κ3) is 2.24. The zero-order valence-electron chi connectivity index (χ0n) is 11.3. The highest BCUT2D eigenvalue weighted by Crippen LogP contribution is 2.30. The summed E-state index contributed by atoms with van der Waals surface area (Å²) in [6, 6.07) is 6.03. The Bertz CT molecular complexity index is 573. The van der Waals surface area contributed by atoms with E-state index in [1.54, 1.807) is 0 Å². The number of benzene rings is 1. The molecule has 0 saturated carbocycles. The van der Waals surface area contributed by atoms with E-state index >= 15 is 0 Å². The minimum Gasteiger partial charge on any atom is -0.453 e. The lowest BCUT2D eigenvalue weighted by Gasteiger charge is -2.10. The van der Waals surface area contributed by atoms with Crippen molar-refractivity contribution in [2.45, 2.75) is 27.3 Å². The van der Waals surface area contributed by atoms with Crippen LogP contribution in [-0.4, -0.2) is 9.78 Å². The van der Waals surface area contributed by atoms with Crippen LogP contribution in [0.15, 0.2) is 18.2 Å². The Morgan fingerprint density at radius 2 is 2.00 bits per heavy atom. The zero-order chi connectivity index (χ0) is 13.3. The molecule has 0 aliphatic heterocycles. The van der Waals surface area contributed by atoms with Gasteiger partial charge in [0.1, 0.15) is 11.4 Å². The first kappa shape index (κ1) is 12.6. The van der Waals surface area contributed by atoms with Gasteiger partial charge >= 0.3 is 0 Å². The summed E-state index contributed by atoms with van der Waals surface area (Å²) >= 11 is 0. The molecule has 2 N–H and O–H groups in total. The monoisotopic (exact) mass is 245 g/mol. The first-order valence-corrected chi connectivity index (χ1v) is 6.00. The second kappa shape index (κ2) is 4.82. The van der Waals surface area contributed by atoms with Crippen molar-refractivity contribution in [2.75, 3.05) is 0 Å². The zero-order valence-corrected chi connectivity index (χ0v) is 11.3. The average Bonchev–Trinajstić information content (AvgIpc) is 2.58. The van der Waals surface area contributed by atoms with Crippen LogP contribution in [0.25, 0.3) is 0 Å². The van der Waals surface area contributed by atoms with Crippen LogP contribution in [0.1, 0.15) is 22.5 Å². The van der Waals surface area contributed by atoms with E-state index in [9.17, 15) is 0 Å². The second-order valence-electron chi connectivity index (χ2n) is 4.53. The van der Waals surface area contributed by atoms with Gasteiger partial charge in [-0.25, -0.2) is 0 Å². The molecule has 0 fully saturated rings. The van der Waals surface area contributed by atoms with E-state index in [1.807, 2.05) is 50.7 Å². The minimum atomic E-state index is 0.516. The van der Waals surface area contributed by atoms with Gasteiger partial charge in [0.25, 0.3) is 0 Å². The standard InChI is InChI=1S/C14H19N3O/c1-9-5-6-12(8-15)7-13(9)18-14-10(2)16-17(4)11(14)3/h5-7H,8,15H2,1-4H3. The van der Waals surface area contributed by atoms with Crippen LogP contribution in [0.5, 0.6) is 11.5 Å².